The van der Waals surface area contributed by atoms with Crippen LogP contribution in [0.3, 0.4) is 0 Å². The van der Waals surface area contributed by atoms with Crippen molar-refractivity contribution in [2.45, 2.75) is 40.0 Å². The van der Waals surface area contributed by atoms with E-state index >= 15 is 0 Å². The number of methoxy groups -OCH3 is 3. The lowest BCUT2D eigenvalue weighted by Crippen LogP contribution is -2.23. The smallest absolute Gasteiger partial charge is 0.249 e. The van der Waals surface area contributed by atoms with Gasteiger partial charge in [-0.25, -0.2) is 0 Å². The quantitative estimate of drug-likeness (QED) is 0.333. The third-order valence-electron chi connectivity index (χ3n) is 6.23. The molecule has 0 aliphatic heterocycles. The van der Waals surface area contributed by atoms with Gasteiger partial charge in [0.05, 0.1) is 21.3 Å². The Bertz CT molecular complexity index is 1300. The molecular weight excluding hydrogens is 475 g/mol. The predicted molar refractivity (Wildman–Crippen MR) is 143 cm³/mol. The molecule has 0 radical (unpaired) electrons. The fraction of sp³-hybridized carbons (Fsp3) is 0.310. The summed E-state index contributed by atoms with van der Waals surface area (Å²) in [6.07, 6.45) is 0. The number of carbonyl (C=O) groups excluding carboxylic acids is 2. The van der Waals surface area contributed by atoms with E-state index in [-0.39, 0.29) is 33.3 Å². The van der Waals surface area contributed by atoms with E-state index in [0.29, 0.717) is 16.9 Å². The monoisotopic (exact) mass is 508 g/mol. The minimum Gasteiger partial charge on any atom is -0.496 e. The van der Waals surface area contributed by atoms with Gasteiger partial charge in [0.25, 0.3) is 0 Å². The standard InChI is InChI=1S/C29H33O6P/c1-18-14-20(29(3,4)5)15-19(2)25(18)27(30)36(32,22-12-10-9-11-13-22)28(31)26-23(34-7)16-21(33-6)17-24(26)35-8/h9-17H,1-8H3. The first-order chi connectivity index (χ1) is 16.9. The third kappa shape index (κ3) is 4.83. The third-order valence-corrected chi connectivity index (χ3v) is 8.85. The molecule has 0 saturated carbocycles. The van der Waals surface area contributed by atoms with E-state index in [0.717, 1.165) is 5.56 Å². The molecule has 0 spiro atoms. The first-order valence-electron chi connectivity index (χ1n) is 11.6. The fourth-order valence-corrected chi connectivity index (χ4v) is 6.68. The SMILES string of the molecule is COc1cc(OC)c(C(=O)P(=O)(C(=O)c2c(C)cc(C(C)(C)C)cc2C)c2ccccc2)c(OC)c1. The Morgan fingerprint density at radius 3 is 1.61 bits per heavy atom. The molecule has 0 heterocycles. The predicted octanol–water partition coefficient (Wildman–Crippen LogP) is 6.30. The van der Waals surface area contributed by atoms with Crippen LogP contribution in [-0.2, 0) is 9.98 Å². The maximum absolute atomic E-state index is 14.9. The number of ether oxygens (including phenoxy) is 3. The summed E-state index contributed by atoms with van der Waals surface area (Å²) in [5.41, 5.74) is 0.902. The Kier molecular flexibility index (Phi) is 7.80. The van der Waals surface area contributed by atoms with Crippen LogP contribution >= 0.6 is 7.14 Å². The Labute approximate surface area is 213 Å². The van der Waals surface area contributed by atoms with Crippen LogP contribution in [0.25, 0.3) is 0 Å². The number of aryl methyl sites for hydroxylation is 2. The van der Waals surface area contributed by atoms with Crippen LogP contribution in [0.1, 0.15) is 58.2 Å². The van der Waals surface area contributed by atoms with Crippen molar-refractivity contribution >= 4 is 23.5 Å². The van der Waals surface area contributed by atoms with E-state index in [9.17, 15) is 14.2 Å². The molecule has 0 aliphatic carbocycles. The minimum atomic E-state index is -4.39. The van der Waals surface area contributed by atoms with E-state index in [1.165, 1.54) is 33.5 Å². The van der Waals surface area contributed by atoms with Crippen molar-refractivity contribution in [2.24, 2.45) is 0 Å². The summed E-state index contributed by atoms with van der Waals surface area (Å²) >= 11 is 0. The highest BCUT2D eigenvalue weighted by molar-refractivity contribution is 8.01. The van der Waals surface area contributed by atoms with E-state index < -0.39 is 18.2 Å². The van der Waals surface area contributed by atoms with Crippen molar-refractivity contribution in [3.63, 3.8) is 0 Å². The average Bonchev–Trinajstić information content (AvgIpc) is 2.86. The van der Waals surface area contributed by atoms with Gasteiger partial charge >= 0.3 is 0 Å². The maximum Gasteiger partial charge on any atom is 0.249 e. The summed E-state index contributed by atoms with van der Waals surface area (Å²) in [4.78, 5) is 28.4. The first-order valence-corrected chi connectivity index (χ1v) is 13.3. The number of hydrogen-bond donors (Lipinski definition) is 0. The van der Waals surface area contributed by atoms with Crippen LogP contribution in [0.5, 0.6) is 17.2 Å². The molecule has 0 saturated heterocycles. The van der Waals surface area contributed by atoms with Crippen molar-refractivity contribution in [2.75, 3.05) is 21.3 Å². The van der Waals surface area contributed by atoms with Gasteiger partial charge in [-0.05, 0) is 36.0 Å². The number of hydrogen-bond acceptors (Lipinski definition) is 6. The molecule has 6 nitrogen and oxygen atoms in total. The van der Waals surface area contributed by atoms with Crippen LogP contribution < -0.4 is 19.5 Å². The number of rotatable bonds is 8. The van der Waals surface area contributed by atoms with Crippen LogP contribution in [0.15, 0.2) is 54.6 Å². The topological polar surface area (TPSA) is 78.9 Å². The van der Waals surface area contributed by atoms with Gasteiger partial charge in [-0.3, -0.25) is 9.59 Å². The zero-order valence-electron chi connectivity index (χ0n) is 22.1. The molecule has 0 fully saturated rings. The zero-order valence-corrected chi connectivity index (χ0v) is 23.0. The molecule has 0 aliphatic rings. The van der Waals surface area contributed by atoms with Gasteiger partial charge in [0.1, 0.15) is 22.8 Å². The number of carbonyl (C=O) groups is 2. The van der Waals surface area contributed by atoms with Crippen molar-refractivity contribution in [3.8, 4) is 17.2 Å². The lowest BCUT2D eigenvalue weighted by Gasteiger charge is -2.24. The van der Waals surface area contributed by atoms with E-state index in [1.807, 2.05) is 26.0 Å². The summed E-state index contributed by atoms with van der Waals surface area (Å²) < 4.78 is 31.0. The minimum absolute atomic E-state index is 0.0667. The second-order valence-electron chi connectivity index (χ2n) is 9.70. The average molecular weight is 509 g/mol. The molecule has 0 aromatic heterocycles. The molecule has 0 amide bonds. The Morgan fingerprint density at radius 2 is 1.19 bits per heavy atom. The van der Waals surface area contributed by atoms with E-state index in [1.54, 1.807) is 30.3 Å². The van der Waals surface area contributed by atoms with Gasteiger partial charge in [-0.15, -0.1) is 0 Å². The summed E-state index contributed by atoms with van der Waals surface area (Å²) in [6, 6.07) is 15.0. The van der Waals surface area contributed by atoms with Crippen LogP contribution in [0.4, 0.5) is 0 Å². The zero-order chi connectivity index (χ0) is 26.8. The summed E-state index contributed by atoms with van der Waals surface area (Å²) in [7, 11) is -0.139. The van der Waals surface area contributed by atoms with Crippen molar-refractivity contribution in [1.82, 2.24) is 0 Å². The lowest BCUT2D eigenvalue weighted by molar-refractivity contribution is 0.103. The van der Waals surface area contributed by atoms with Crippen molar-refractivity contribution in [3.05, 3.63) is 82.4 Å². The highest BCUT2D eigenvalue weighted by atomic mass is 31.2. The highest BCUT2D eigenvalue weighted by Crippen LogP contribution is 2.55. The highest BCUT2D eigenvalue weighted by Gasteiger charge is 2.46. The maximum atomic E-state index is 14.9. The van der Waals surface area contributed by atoms with Crippen molar-refractivity contribution in [1.29, 1.82) is 0 Å². The molecule has 3 aromatic rings. The largest absolute Gasteiger partial charge is 0.496 e. The summed E-state index contributed by atoms with van der Waals surface area (Å²) in [5.74, 6) is 0.610. The molecule has 0 N–H and O–H groups in total. The lowest BCUT2D eigenvalue weighted by atomic mass is 9.84. The molecular formula is C29H33O6P. The fourth-order valence-electron chi connectivity index (χ4n) is 4.23. The molecule has 3 rings (SSSR count). The molecule has 36 heavy (non-hydrogen) atoms. The number of benzene rings is 3. The van der Waals surface area contributed by atoms with Gasteiger partial charge in [-0.1, -0.05) is 63.2 Å². The normalized spacial score (nSPS) is 13.0. The van der Waals surface area contributed by atoms with E-state index in [4.69, 9.17) is 14.2 Å². The second-order valence-corrected chi connectivity index (χ2v) is 12.2. The van der Waals surface area contributed by atoms with Gasteiger partial charge in [0.2, 0.25) is 18.2 Å². The van der Waals surface area contributed by atoms with Gasteiger partial charge in [-0.2, -0.15) is 0 Å². The summed E-state index contributed by atoms with van der Waals surface area (Å²) in [5, 5.41) is 0.152. The molecule has 190 valence electrons. The van der Waals surface area contributed by atoms with Gasteiger partial charge < -0.3 is 18.8 Å². The Morgan fingerprint density at radius 1 is 0.722 bits per heavy atom. The van der Waals surface area contributed by atoms with Crippen LogP contribution in [0, 0.1) is 13.8 Å². The van der Waals surface area contributed by atoms with E-state index in [2.05, 4.69) is 20.8 Å². The van der Waals surface area contributed by atoms with Gasteiger partial charge in [0, 0.05) is 23.0 Å². The first kappa shape index (κ1) is 27.2. The van der Waals surface area contributed by atoms with Crippen LogP contribution in [-0.4, -0.2) is 32.4 Å². The van der Waals surface area contributed by atoms with Crippen LogP contribution in [0.2, 0.25) is 0 Å². The molecule has 1 unspecified atom stereocenters. The van der Waals surface area contributed by atoms with Crippen molar-refractivity contribution < 1.29 is 28.4 Å². The summed E-state index contributed by atoms with van der Waals surface area (Å²) in [6.45, 7) is 9.88. The second kappa shape index (κ2) is 10.3. The Hall–Kier alpha value is -3.37. The molecule has 0 bridgehead atoms. The molecule has 1 atom stereocenters. The van der Waals surface area contributed by atoms with Gasteiger partial charge in [0.15, 0.2) is 0 Å². The Balaban J connectivity index is 2.33. The molecule has 3 aromatic carbocycles. The molecule has 7 heteroatoms.